The van der Waals surface area contributed by atoms with Crippen LogP contribution < -0.4 is 5.32 Å². The third-order valence-corrected chi connectivity index (χ3v) is 2.94. The van der Waals surface area contributed by atoms with Crippen LogP contribution in [0.1, 0.15) is 13.8 Å². The molecule has 1 aromatic rings. The summed E-state index contributed by atoms with van der Waals surface area (Å²) in [5.41, 5.74) is 0.0920. The molecule has 5 heteroatoms. The van der Waals surface area contributed by atoms with Crippen LogP contribution in [0.5, 0.6) is 0 Å². The highest BCUT2D eigenvalue weighted by Gasteiger charge is 2.19. The Kier molecular flexibility index (Phi) is 4.04. The van der Waals surface area contributed by atoms with Crippen molar-refractivity contribution in [3.05, 3.63) is 17.0 Å². The molecule has 0 spiro atoms. The molecular formula is C10H17BrN4. The first-order chi connectivity index (χ1) is 6.92. The maximum Gasteiger partial charge on any atom is 0.144 e. The topological polar surface area (TPSA) is 41.0 Å². The minimum Gasteiger partial charge on any atom is -0.367 e. The lowest BCUT2D eigenvalue weighted by atomic mass is 10.0. The van der Waals surface area contributed by atoms with Gasteiger partial charge in [-0.2, -0.15) is 0 Å². The molecule has 1 rings (SSSR count). The molecule has 0 saturated heterocycles. The van der Waals surface area contributed by atoms with Crippen molar-refractivity contribution in [2.24, 2.45) is 0 Å². The molecule has 4 nitrogen and oxygen atoms in total. The van der Waals surface area contributed by atoms with E-state index in [4.69, 9.17) is 0 Å². The molecule has 0 bridgehead atoms. The van der Waals surface area contributed by atoms with Crippen molar-refractivity contribution in [1.82, 2.24) is 14.9 Å². The highest BCUT2D eigenvalue weighted by atomic mass is 79.9. The average Bonchev–Trinajstić information content (AvgIpc) is 2.17. The van der Waals surface area contributed by atoms with E-state index >= 15 is 0 Å². The van der Waals surface area contributed by atoms with Gasteiger partial charge in [0.05, 0.1) is 12.4 Å². The zero-order valence-corrected chi connectivity index (χ0v) is 11.2. The maximum absolute atomic E-state index is 4.20. The highest BCUT2D eigenvalue weighted by Crippen LogP contribution is 2.12. The summed E-state index contributed by atoms with van der Waals surface area (Å²) in [6.07, 6.45) is 3.40. The summed E-state index contributed by atoms with van der Waals surface area (Å²) in [7, 11) is 4.13. The van der Waals surface area contributed by atoms with E-state index in [1.54, 1.807) is 12.4 Å². The van der Waals surface area contributed by atoms with Crippen LogP contribution in [0.3, 0.4) is 0 Å². The van der Waals surface area contributed by atoms with Crippen LogP contribution in [0.15, 0.2) is 17.0 Å². The first-order valence-electron chi connectivity index (χ1n) is 4.81. The van der Waals surface area contributed by atoms with Crippen LogP contribution in [0.25, 0.3) is 0 Å². The quantitative estimate of drug-likeness (QED) is 0.911. The first-order valence-corrected chi connectivity index (χ1v) is 5.60. The minimum absolute atomic E-state index is 0.0920. The lowest BCUT2D eigenvalue weighted by Gasteiger charge is -2.32. The van der Waals surface area contributed by atoms with Crippen LogP contribution >= 0.6 is 15.9 Å². The molecule has 0 radical (unpaired) electrons. The van der Waals surface area contributed by atoms with E-state index < -0.39 is 0 Å². The Morgan fingerprint density at radius 2 is 2.00 bits per heavy atom. The zero-order valence-electron chi connectivity index (χ0n) is 9.58. The molecule has 0 atom stereocenters. The molecule has 1 aromatic heterocycles. The number of hydrogen-bond acceptors (Lipinski definition) is 4. The van der Waals surface area contributed by atoms with Crippen molar-refractivity contribution in [3.63, 3.8) is 0 Å². The van der Waals surface area contributed by atoms with Gasteiger partial charge in [0.2, 0.25) is 0 Å². The lowest BCUT2D eigenvalue weighted by Crippen LogP contribution is -2.44. The summed E-state index contributed by atoms with van der Waals surface area (Å²) < 4.78 is 0.750. The van der Waals surface area contributed by atoms with Crippen molar-refractivity contribution < 1.29 is 0 Å². The predicted molar refractivity (Wildman–Crippen MR) is 66.0 cm³/mol. The summed E-state index contributed by atoms with van der Waals surface area (Å²) in [4.78, 5) is 10.5. The second kappa shape index (κ2) is 4.90. The predicted octanol–water partition coefficient (Wildman–Crippen LogP) is 1.99. The van der Waals surface area contributed by atoms with Crippen molar-refractivity contribution in [2.75, 3.05) is 26.0 Å². The van der Waals surface area contributed by atoms with Crippen LogP contribution in [0.2, 0.25) is 0 Å². The van der Waals surface area contributed by atoms with Crippen LogP contribution in [-0.2, 0) is 0 Å². The number of hydrogen-bond donors (Lipinski definition) is 1. The van der Waals surface area contributed by atoms with Crippen LogP contribution in [0.4, 0.5) is 5.82 Å². The Labute approximate surface area is 99.2 Å². The van der Waals surface area contributed by atoms with E-state index in [1.165, 1.54) is 0 Å². The number of halogens is 1. The molecule has 0 unspecified atom stereocenters. The number of nitrogens with one attached hydrogen (secondary N) is 1. The fourth-order valence-corrected chi connectivity index (χ4v) is 1.07. The summed E-state index contributed by atoms with van der Waals surface area (Å²) in [5.74, 6) is 0.799. The van der Waals surface area contributed by atoms with Gasteiger partial charge in [0, 0.05) is 12.1 Å². The number of anilines is 1. The Morgan fingerprint density at radius 1 is 1.33 bits per heavy atom. The van der Waals surface area contributed by atoms with Crippen molar-refractivity contribution in [3.8, 4) is 0 Å². The zero-order chi connectivity index (χ0) is 11.5. The van der Waals surface area contributed by atoms with Crippen molar-refractivity contribution in [1.29, 1.82) is 0 Å². The Balaban J connectivity index is 2.54. The summed E-state index contributed by atoms with van der Waals surface area (Å²) in [6, 6.07) is 0. The SMILES string of the molecule is CN(C)C(C)(C)CNc1cnc(Br)cn1. The van der Waals surface area contributed by atoms with Crippen molar-refractivity contribution >= 4 is 21.7 Å². The molecule has 0 amide bonds. The monoisotopic (exact) mass is 272 g/mol. The molecule has 1 heterocycles. The average molecular weight is 273 g/mol. The van der Waals surface area contributed by atoms with Gasteiger partial charge in [0.25, 0.3) is 0 Å². The van der Waals surface area contributed by atoms with Gasteiger partial charge in [-0.15, -0.1) is 0 Å². The van der Waals surface area contributed by atoms with E-state index in [2.05, 4.69) is 64.1 Å². The van der Waals surface area contributed by atoms with E-state index in [0.29, 0.717) is 0 Å². The summed E-state index contributed by atoms with van der Waals surface area (Å²) in [6.45, 7) is 5.18. The van der Waals surface area contributed by atoms with Gasteiger partial charge in [-0.1, -0.05) is 0 Å². The smallest absolute Gasteiger partial charge is 0.144 e. The lowest BCUT2D eigenvalue weighted by molar-refractivity contribution is 0.210. The Hall–Kier alpha value is -0.680. The molecule has 84 valence electrons. The molecule has 0 fully saturated rings. The molecule has 0 aliphatic rings. The van der Waals surface area contributed by atoms with E-state index in [1.807, 2.05) is 0 Å². The largest absolute Gasteiger partial charge is 0.367 e. The Morgan fingerprint density at radius 3 is 2.47 bits per heavy atom. The first kappa shape index (κ1) is 12.4. The number of aromatic nitrogens is 2. The Bertz CT molecular complexity index is 308. The molecule has 0 aromatic carbocycles. The third-order valence-electron chi connectivity index (χ3n) is 2.53. The molecule has 0 aliphatic carbocycles. The minimum atomic E-state index is 0.0920. The van der Waals surface area contributed by atoms with Gasteiger partial charge in [0.15, 0.2) is 0 Å². The maximum atomic E-state index is 4.20. The van der Waals surface area contributed by atoms with Gasteiger partial charge in [-0.3, -0.25) is 0 Å². The molecule has 0 saturated carbocycles. The van der Waals surface area contributed by atoms with Gasteiger partial charge >= 0.3 is 0 Å². The third kappa shape index (κ3) is 3.76. The van der Waals surface area contributed by atoms with Gasteiger partial charge in [0.1, 0.15) is 10.4 Å². The molecular weight excluding hydrogens is 256 g/mol. The number of rotatable bonds is 4. The van der Waals surface area contributed by atoms with Crippen LogP contribution in [-0.4, -0.2) is 41.0 Å². The summed E-state index contributed by atoms with van der Waals surface area (Å²) >= 11 is 3.25. The number of likely N-dealkylation sites (N-methyl/N-ethyl adjacent to an activating group) is 1. The van der Waals surface area contributed by atoms with Crippen LogP contribution in [0, 0.1) is 0 Å². The standard InChI is InChI=1S/C10H17BrN4/c1-10(2,15(3)4)7-14-9-6-12-8(11)5-13-9/h5-6H,7H2,1-4H3,(H,13,14). The van der Waals surface area contributed by atoms with E-state index in [9.17, 15) is 0 Å². The normalized spacial score (nSPS) is 11.9. The fraction of sp³-hybridized carbons (Fsp3) is 0.600. The summed E-state index contributed by atoms with van der Waals surface area (Å²) in [5, 5.41) is 3.26. The van der Waals surface area contributed by atoms with E-state index in [0.717, 1.165) is 17.0 Å². The second-order valence-corrected chi connectivity index (χ2v) is 5.10. The van der Waals surface area contributed by atoms with Crippen molar-refractivity contribution in [2.45, 2.75) is 19.4 Å². The number of nitrogens with zero attached hydrogens (tertiary/aromatic N) is 3. The van der Waals surface area contributed by atoms with Gasteiger partial charge in [-0.25, -0.2) is 9.97 Å². The van der Waals surface area contributed by atoms with Gasteiger partial charge < -0.3 is 10.2 Å². The fourth-order valence-electron chi connectivity index (χ4n) is 0.869. The van der Waals surface area contributed by atoms with Gasteiger partial charge in [-0.05, 0) is 43.9 Å². The highest BCUT2D eigenvalue weighted by molar-refractivity contribution is 9.10. The second-order valence-electron chi connectivity index (χ2n) is 4.28. The van der Waals surface area contributed by atoms with E-state index in [-0.39, 0.29) is 5.54 Å². The molecule has 15 heavy (non-hydrogen) atoms. The molecule has 1 N–H and O–H groups in total. The molecule has 0 aliphatic heterocycles.